The molecule has 0 fully saturated rings. The predicted octanol–water partition coefficient (Wildman–Crippen LogP) is 7.02. The Kier molecular flexibility index (Phi) is 6.01. The SMILES string of the molecule is Clc1cc(Cl)c(OCOc2c(Cl)cc(Cl)cc2Cl)c(Cl)c1. The molecule has 2 nitrogen and oxygen atoms in total. The molecule has 0 aromatic heterocycles. The second-order valence-corrected chi connectivity index (χ2v) is 6.31. The van der Waals surface area contributed by atoms with Gasteiger partial charge in [0.1, 0.15) is 0 Å². The molecule has 0 spiro atoms. The minimum absolute atomic E-state index is 0.192. The lowest BCUT2D eigenvalue weighted by molar-refractivity contribution is 0.120. The summed E-state index contributed by atoms with van der Waals surface area (Å²) in [6.07, 6.45) is 0. The zero-order valence-electron chi connectivity index (χ0n) is 10.1. The van der Waals surface area contributed by atoms with Crippen LogP contribution >= 0.6 is 69.6 Å². The standard InChI is InChI=1S/C13H6Cl6O2/c14-6-1-8(16)12(9(17)2-6)20-5-21-13-10(18)3-7(15)4-11(13)19/h1-4H,5H2. The van der Waals surface area contributed by atoms with Gasteiger partial charge in [-0.2, -0.15) is 0 Å². The van der Waals surface area contributed by atoms with Crippen molar-refractivity contribution in [1.82, 2.24) is 0 Å². The molecule has 0 aliphatic rings. The summed E-state index contributed by atoms with van der Waals surface area (Å²) in [7, 11) is 0. The number of benzene rings is 2. The Balaban J connectivity index is 2.09. The first kappa shape index (κ1) is 17.1. The third kappa shape index (κ3) is 4.38. The van der Waals surface area contributed by atoms with Crippen molar-refractivity contribution >= 4 is 69.6 Å². The maximum atomic E-state index is 5.98. The van der Waals surface area contributed by atoms with Gasteiger partial charge in [-0.3, -0.25) is 0 Å². The van der Waals surface area contributed by atoms with Crippen molar-refractivity contribution in [2.75, 3.05) is 6.79 Å². The Morgan fingerprint density at radius 3 is 1.14 bits per heavy atom. The normalized spacial score (nSPS) is 10.6. The average molecular weight is 407 g/mol. The summed E-state index contributed by atoms with van der Waals surface area (Å²) >= 11 is 35.5. The molecule has 0 aliphatic carbocycles. The Morgan fingerprint density at radius 1 is 0.571 bits per heavy atom. The Labute approximate surface area is 151 Å². The molecule has 0 aliphatic heterocycles. The monoisotopic (exact) mass is 404 g/mol. The molecule has 0 heterocycles. The molecule has 2 rings (SSSR count). The molecule has 112 valence electrons. The number of hydrogen-bond donors (Lipinski definition) is 0. The van der Waals surface area contributed by atoms with Crippen LogP contribution in [0.2, 0.25) is 30.1 Å². The van der Waals surface area contributed by atoms with E-state index in [4.69, 9.17) is 79.1 Å². The number of hydrogen-bond acceptors (Lipinski definition) is 2. The van der Waals surface area contributed by atoms with Gasteiger partial charge in [-0.15, -0.1) is 0 Å². The molecule has 0 saturated heterocycles. The van der Waals surface area contributed by atoms with Gasteiger partial charge in [0.05, 0.1) is 20.1 Å². The topological polar surface area (TPSA) is 18.5 Å². The zero-order valence-corrected chi connectivity index (χ0v) is 14.6. The van der Waals surface area contributed by atoms with Crippen LogP contribution in [-0.4, -0.2) is 6.79 Å². The third-order valence-electron chi connectivity index (χ3n) is 2.33. The summed E-state index contributed by atoms with van der Waals surface area (Å²) in [5.74, 6) is 0.507. The molecule has 0 radical (unpaired) electrons. The molecule has 0 N–H and O–H groups in total. The van der Waals surface area contributed by atoms with E-state index in [9.17, 15) is 0 Å². The van der Waals surface area contributed by atoms with E-state index in [1.807, 2.05) is 0 Å². The first-order valence-corrected chi connectivity index (χ1v) is 7.70. The summed E-state index contributed by atoms with van der Waals surface area (Å²) in [6, 6.07) is 6.03. The summed E-state index contributed by atoms with van der Waals surface area (Å²) in [5, 5.41) is 1.88. The van der Waals surface area contributed by atoms with Crippen molar-refractivity contribution in [2.24, 2.45) is 0 Å². The van der Waals surface area contributed by atoms with Gasteiger partial charge in [-0.05, 0) is 24.3 Å². The van der Waals surface area contributed by atoms with Crippen LogP contribution in [0.5, 0.6) is 11.5 Å². The van der Waals surface area contributed by atoms with Crippen molar-refractivity contribution in [3.05, 3.63) is 54.4 Å². The molecular formula is C13H6Cl6O2. The summed E-state index contributed by atoms with van der Waals surface area (Å²) in [6.45, 7) is -0.192. The Bertz CT molecular complexity index is 570. The van der Waals surface area contributed by atoms with E-state index in [2.05, 4.69) is 0 Å². The van der Waals surface area contributed by atoms with E-state index in [1.54, 1.807) is 0 Å². The highest BCUT2D eigenvalue weighted by molar-refractivity contribution is 6.41. The predicted molar refractivity (Wildman–Crippen MR) is 89.1 cm³/mol. The molecule has 21 heavy (non-hydrogen) atoms. The summed E-state index contributed by atoms with van der Waals surface area (Å²) in [5.41, 5.74) is 0. The second kappa shape index (κ2) is 7.36. The van der Waals surface area contributed by atoms with Crippen LogP contribution in [-0.2, 0) is 0 Å². The van der Waals surface area contributed by atoms with E-state index < -0.39 is 0 Å². The van der Waals surface area contributed by atoms with E-state index in [0.717, 1.165) is 0 Å². The minimum Gasteiger partial charge on any atom is -0.454 e. The lowest BCUT2D eigenvalue weighted by atomic mass is 10.3. The second-order valence-electron chi connectivity index (χ2n) is 3.80. The van der Waals surface area contributed by atoms with Crippen molar-refractivity contribution in [3.8, 4) is 11.5 Å². The van der Waals surface area contributed by atoms with E-state index in [0.29, 0.717) is 10.0 Å². The minimum atomic E-state index is -0.192. The number of halogens is 6. The molecular weight excluding hydrogens is 401 g/mol. The quantitative estimate of drug-likeness (QED) is 0.508. The Morgan fingerprint density at radius 2 is 0.857 bits per heavy atom. The fourth-order valence-corrected chi connectivity index (χ4v) is 3.33. The number of ether oxygens (including phenoxy) is 2. The molecule has 0 unspecified atom stereocenters. The van der Waals surface area contributed by atoms with Gasteiger partial charge in [-0.1, -0.05) is 69.6 Å². The molecule has 0 bridgehead atoms. The number of rotatable bonds is 4. The largest absolute Gasteiger partial charge is 0.454 e. The molecule has 0 saturated carbocycles. The molecule has 8 heteroatoms. The van der Waals surface area contributed by atoms with E-state index in [1.165, 1.54) is 24.3 Å². The van der Waals surface area contributed by atoms with Gasteiger partial charge >= 0.3 is 0 Å². The fraction of sp³-hybridized carbons (Fsp3) is 0.0769. The first-order valence-electron chi connectivity index (χ1n) is 5.43. The third-order valence-corrected chi connectivity index (χ3v) is 3.89. The van der Waals surface area contributed by atoms with Crippen LogP contribution in [0.1, 0.15) is 0 Å². The maximum absolute atomic E-state index is 5.98. The van der Waals surface area contributed by atoms with Gasteiger partial charge in [0.25, 0.3) is 0 Å². The smallest absolute Gasteiger partial charge is 0.231 e. The molecule has 2 aromatic carbocycles. The molecule has 0 amide bonds. The summed E-state index contributed by atoms with van der Waals surface area (Å²) < 4.78 is 10.7. The van der Waals surface area contributed by atoms with Crippen molar-refractivity contribution < 1.29 is 9.47 Å². The van der Waals surface area contributed by atoms with Crippen LogP contribution in [0.3, 0.4) is 0 Å². The van der Waals surface area contributed by atoms with Gasteiger partial charge in [-0.25, -0.2) is 0 Å². The van der Waals surface area contributed by atoms with Crippen LogP contribution in [0.15, 0.2) is 24.3 Å². The van der Waals surface area contributed by atoms with E-state index in [-0.39, 0.29) is 38.4 Å². The Hall–Kier alpha value is -0.220. The van der Waals surface area contributed by atoms with Crippen molar-refractivity contribution in [1.29, 1.82) is 0 Å². The maximum Gasteiger partial charge on any atom is 0.231 e. The van der Waals surface area contributed by atoms with Gasteiger partial charge in [0.15, 0.2) is 11.5 Å². The highest BCUT2D eigenvalue weighted by atomic mass is 35.5. The highest BCUT2D eigenvalue weighted by Gasteiger charge is 2.12. The first-order chi connectivity index (χ1) is 9.88. The van der Waals surface area contributed by atoms with Crippen molar-refractivity contribution in [3.63, 3.8) is 0 Å². The summed E-state index contributed by atoms with van der Waals surface area (Å²) in [4.78, 5) is 0. The zero-order chi connectivity index (χ0) is 15.6. The van der Waals surface area contributed by atoms with Crippen LogP contribution < -0.4 is 9.47 Å². The molecule has 2 aromatic rings. The van der Waals surface area contributed by atoms with Crippen LogP contribution in [0.4, 0.5) is 0 Å². The van der Waals surface area contributed by atoms with E-state index >= 15 is 0 Å². The molecule has 0 atom stereocenters. The lowest BCUT2D eigenvalue weighted by Crippen LogP contribution is -2.07. The fourth-order valence-electron chi connectivity index (χ4n) is 1.48. The van der Waals surface area contributed by atoms with Gasteiger partial charge < -0.3 is 9.47 Å². The highest BCUT2D eigenvalue weighted by Crippen LogP contribution is 2.38. The lowest BCUT2D eigenvalue weighted by Gasteiger charge is -2.13. The van der Waals surface area contributed by atoms with Gasteiger partial charge in [0.2, 0.25) is 6.79 Å². The van der Waals surface area contributed by atoms with Crippen LogP contribution in [0, 0.1) is 0 Å². The van der Waals surface area contributed by atoms with Gasteiger partial charge in [0, 0.05) is 10.0 Å². The van der Waals surface area contributed by atoms with Crippen molar-refractivity contribution in [2.45, 2.75) is 0 Å². The average Bonchev–Trinajstić information content (AvgIpc) is 2.34. The van der Waals surface area contributed by atoms with Crippen LogP contribution in [0.25, 0.3) is 0 Å².